The summed E-state index contributed by atoms with van der Waals surface area (Å²) in [6, 6.07) is 19.5. The monoisotopic (exact) mass is 536 g/mol. The molecule has 1 atom stereocenters. The Kier molecular flexibility index (Phi) is 8.45. The summed E-state index contributed by atoms with van der Waals surface area (Å²) in [4.78, 5) is 28.2. The van der Waals surface area contributed by atoms with Crippen LogP contribution in [-0.2, 0) is 16.1 Å². The SMILES string of the molecule is Cc1ccc(CN(C(=O)COc2ccc3ccccc3c2Br)[C@@H](C)C(=O)NC2CCCCC2)cc1. The number of nitrogens with one attached hydrogen (secondary N) is 1. The highest BCUT2D eigenvalue weighted by molar-refractivity contribution is 9.10. The third-order valence-electron chi connectivity index (χ3n) is 6.77. The molecule has 35 heavy (non-hydrogen) atoms. The van der Waals surface area contributed by atoms with Gasteiger partial charge in [-0.1, -0.05) is 79.4 Å². The van der Waals surface area contributed by atoms with E-state index in [0.717, 1.165) is 52.1 Å². The van der Waals surface area contributed by atoms with E-state index in [4.69, 9.17) is 4.74 Å². The molecule has 6 heteroatoms. The van der Waals surface area contributed by atoms with Gasteiger partial charge in [0.2, 0.25) is 5.91 Å². The molecule has 1 saturated carbocycles. The van der Waals surface area contributed by atoms with Gasteiger partial charge < -0.3 is 15.0 Å². The molecule has 3 aromatic carbocycles. The maximum absolute atomic E-state index is 13.4. The molecule has 0 spiro atoms. The van der Waals surface area contributed by atoms with Gasteiger partial charge in [-0.25, -0.2) is 0 Å². The van der Waals surface area contributed by atoms with E-state index >= 15 is 0 Å². The minimum atomic E-state index is -0.602. The van der Waals surface area contributed by atoms with Crippen molar-refractivity contribution < 1.29 is 14.3 Å². The first-order valence-corrected chi connectivity index (χ1v) is 13.2. The van der Waals surface area contributed by atoms with E-state index in [-0.39, 0.29) is 24.5 Å². The highest BCUT2D eigenvalue weighted by atomic mass is 79.9. The Morgan fingerprint density at radius 2 is 1.74 bits per heavy atom. The Hall–Kier alpha value is -2.86. The highest BCUT2D eigenvalue weighted by Gasteiger charge is 2.28. The van der Waals surface area contributed by atoms with E-state index in [9.17, 15) is 9.59 Å². The molecule has 0 aliphatic heterocycles. The fourth-order valence-corrected chi connectivity index (χ4v) is 5.20. The topological polar surface area (TPSA) is 58.6 Å². The molecule has 5 nitrogen and oxygen atoms in total. The van der Waals surface area contributed by atoms with Gasteiger partial charge in [0.25, 0.3) is 5.91 Å². The van der Waals surface area contributed by atoms with Crippen LogP contribution >= 0.6 is 15.9 Å². The lowest BCUT2D eigenvalue weighted by atomic mass is 9.95. The molecule has 1 aliphatic carbocycles. The van der Waals surface area contributed by atoms with Crippen LogP contribution in [0.3, 0.4) is 0 Å². The number of hydrogen-bond acceptors (Lipinski definition) is 3. The summed E-state index contributed by atoms with van der Waals surface area (Å²) < 4.78 is 6.77. The average molecular weight is 537 g/mol. The smallest absolute Gasteiger partial charge is 0.261 e. The van der Waals surface area contributed by atoms with Gasteiger partial charge in [0.05, 0.1) is 4.47 Å². The van der Waals surface area contributed by atoms with Crippen molar-refractivity contribution >= 4 is 38.5 Å². The Labute approximate surface area is 216 Å². The molecule has 0 unspecified atom stereocenters. The van der Waals surface area contributed by atoms with E-state index in [0.29, 0.717) is 12.3 Å². The highest BCUT2D eigenvalue weighted by Crippen LogP contribution is 2.33. The number of benzene rings is 3. The summed E-state index contributed by atoms with van der Waals surface area (Å²) in [5.74, 6) is 0.271. The molecular formula is C29H33BrN2O3. The number of ether oxygens (including phenoxy) is 1. The number of aryl methyl sites for hydroxylation is 1. The standard InChI is InChI=1S/C29H33BrN2O3/c1-20-12-14-22(15-13-20)18-32(21(2)29(34)31-24-9-4-3-5-10-24)27(33)19-35-26-17-16-23-8-6-7-11-25(23)28(26)30/h6-8,11-17,21,24H,3-5,9-10,18-19H2,1-2H3,(H,31,34)/t21-/m0/s1. The minimum absolute atomic E-state index is 0.107. The Balaban J connectivity index is 1.49. The van der Waals surface area contributed by atoms with Gasteiger partial charge in [-0.15, -0.1) is 0 Å². The van der Waals surface area contributed by atoms with Crippen LogP contribution in [0.25, 0.3) is 10.8 Å². The zero-order valence-corrected chi connectivity index (χ0v) is 22.0. The maximum Gasteiger partial charge on any atom is 0.261 e. The van der Waals surface area contributed by atoms with Crippen LogP contribution in [0.1, 0.15) is 50.2 Å². The van der Waals surface area contributed by atoms with Crippen molar-refractivity contribution in [1.29, 1.82) is 0 Å². The summed E-state index contributed by atoms with van der Waals surface area (Å²) in [5.41, 5.74) is 2.13. The van der Waals surface area contributed by atoms with Gasteiger partial charge in [0.15, 0.2) is 6.61 Å². The first-order valence-electron chi connectivity index (χ1n) is 12.4. The number of nitrogens with zero attached hydrogens (tertiary/aromatic N) is 1. The lowest BCUT2D eigenvalue weighted by Gasteiger charge is -2.31. The summed E-state index contributed by atoms with van der Waals surface area (Å²) in [6.45, 7) is 4.03. The molecule has 184 valence electrons. The van der Waals surface area contributed by atoms with Gasteiger partial charge in [-0.2, -0.15) is 0 Å². The van der Waals surface area contributed by atoms with E-state index in [1.54, 1.807) is 11.8 Å². The second-order valence-corrected chi connectivity index (χ2v) is 10.2. The molecular weight excluding hydrogens is 504 g/mol. The number of halogens is 1. The molecule has 1 N–H and O–H groups in total. The number of carbonyl (C=O) groups excluding carboxylic acids is 2. The minimum Gasteiger partial charge on any atom is -0.483 e. The van der Waals surface area contributed by atoms with Crippen molar-refractivity contribution in [1.82, 2.24) is 10.2 Å². The lowest BCUT2D eigenvalue weighted by Crippen LogP contribution is -2.51. The molecule has 2 amide bonds. The predicted octanol–water partition coefficient (Wildman–Crippen LogP) is 6.16. The Morgan fingerprint density at radius 1 is 1.03 bits per heavy atom. The lowest BCUT2D eigenvalue weighted by molar-refractivity contribution is -0.142. The van der Waals surface area contributed by atoms with E-state index in [1.807, 2.05) is 67.6 Å². The molecule has 0 heterocycles. The van der Waals surface area contributed by atoms with Gasteiger partial charge >= 0.3 is 0 Å². The third kappa shape index (κ3) is 6.43. The number of amides is 2. The molecule has 3 aromatic rings. The van der Waals surface area contributed by atoms with Crippen molar-refractivity contribution in [2.24, 2.45) is 0 Å². The van der Waals surface area contributed by atoms with Gasteiger partial charge in [-0.3, -0.25) is 9.59 Å². The summed E-state index contributed by atoms with van der Waals surface area (Å²) in [7, 11) is 0. The number of fused-ring (bicyclic) bond motifs is 1. The summed E-state index contributed by atoms with van der Waals surface area (Å²) in [6.07, 6.45) is 5.51. The quantitative estimate of drug-likeness (QED) is 0.375. The first kappa shape index (κ1) is 25.2. The Bertz CT molecular complexity index is 1170. The second kappa shape index (κ2) is 11.7. The summed E-state index contributed by atoms with van der Waals surface area (Å²) >= 11 is 3.62. The van der Waals surface area contributed by atoms with Crippen LogP contribution < -0.4 is 10.1 Å². The molecule has 0 aromatic heterocycles. The molecule has 1 aliphatic rings. The van der Waals surface area contributed by atoms with Crippen LogP contribution in [0, 0.1) is 6.92 Å². The predicted molar refractivity (Wildman–Crippen MR) is 143 cm³/mol. The third-order valence-corrected chi connectivity index (χ3v) is 7.59. The van der Waals surface area contributed by atoms with Gasteiger partial charge in [0.1, 0.15) is 11.8 Å². The first-order chi connectivity index (χ1) is 16.9. The molecule has 0 radical (unpaired) electrons. The fourth-order valence-electron chi connectivity index (χ4n) is 4.59. The van der Waals surface area contributed by atoms with Crippen molar-refractivity contribution in [3.05, 3.63) is 76.3 Å². The van der Waals surface area contributed by atoms with Crippen molar-refractivity contribution in [2.45, 2.75) is 64.6 Å². The van der Waals surface area contributed by atoms with Crippen LogP contribution in [-0.4, -0.2) is 35.4 Å². The maximum atomic E-state index is 13.4. The van der Waals surface area contributed by atoms with Gasteiger partial charge in [0, 0.05) is 12.6 Å². The molecule has 0 saturated heterocycles. The van der Waals surface area contributed by atoms with E-state index < -0.39 is 6.04 Å². The zero-order valence-electron chi connectivity index (χ0n) is 20.4. The average Bonchev–Trinajstić information content (AvgIpc) is 2.88. The number of rotatable bonds is 8. The summed E-state index contributed by atoms with van der Waals surface area (Å²) in [5, 5.41) is 5.28. The van der Waals surface area contributed by atoms with Crippen molar-refractivity contribution in [2.75, 3.05) is 6.61 Å². The van der Waals surface area contributed by atoms with Crippen molar-refractivity contribution in [3.63, 3.8) is 0 Å². The molecule has 0 bridgehead atoms. The van der Waals surface area contributed by atoms with Gasteiger partial charge in [-0.05, 0) is 65.0 Å². The van der Waals surface area contributed by atoms with Crippen LogP contribution in [0.4, 0.5) is 0 Å². The number of hydrogen-bond donors (Lipinski definition) is 1. The molecule has 1 fully saturated rings. The van der Waals surface area contributed by atoms with Crippen LogP contribution in [0.15, 0.2) is 65.1 Å². The number of carbonyl (C=O) groups is 2. The van der Waals surface area contributed by atoms with E-state index in [2.05, 4.69) is 21.2 Å². The Morgan fingerprint density at radius 3 is 2.49 bits per heavy atom. The fraction of sp³-hybridized carbons (Fsp3) is 0.379. The van der Waals surface area contributed by atoms with E-state index in [1.165, 1.54) is 6.42 Å². The second-order valence-electron chi connectivity index (χ2n) is 9.41. The van der Waals surface area contributed by atoms with Crippen LogP contribution in [0.5, 0.6) is 5.75 Å². The zero-order chi connectivity index (χ0) is 24.8. The van der Waals surface area contributed by atoms with Crippen molar-refractivity contribution in [3.8, 4) is 5.75 Å². The molecule has 4 rings (SSSR count). The normalized spacial score (nSPS) is 14.9. The van der Waals surface area contributed by atoms with Crippen LogP contribution in [0.2, 0.25) is 0 Å². The largest absolute Gasteiger partial charge is 0.483 e.